The summed E-state index contributed by atoms with van der Waals surface area (Å²) in [5.41, 5.74) is 1.46. The van der Waals surface area contributed by atoms with Gasteiger partial charge >= 0.3 is 5.97 Å². The fourth-order valence-electron chi connectivity index (χ4n) is 2.25. The van der Waals surface area contributed by atoms with Crippen molar-refractivity contribution >= 4 is 17.6 Å². The van der Waals surface area contributed by atoms with Crippen molar-refractivity contribution in [3.05, 3.63) is 59.9 Å². The zero-order chi connectivity index (χ0) is 18.2. The molecule has 0 fully saturated rings. The van der Waals surface area contributed by atoms with Crippen molar-refractivity contribution in [2.24, 2.45) is 5.92 Å². The van der Waals surface area contributed by atoms with E-state index in [1.165, 1.54) is 12.1 Å². The van der Waals surface area contributed by atoms with E-state index in [1.807, 2.05) is 13.0 Å². The number of carboxylic acid groups (broad SMARTS) is 1. The molecule has 0 heterocycles. The van der Waals surface area contributed by atoms with Crippen LogP contribution in [0.2, 0.25) is 0 Å². The van der Waals surface area contributed by atoms with Gasteiger partial charge in [-0.15, -0.1) is 0 Å². The summed E-state index contributed by atoms with van der Waals surface area (Å²) >= 11 is 0. The van der Waals surface area contributed by atoms with Gasteiger partial charge in [0.25, 0.3) is 0 Å². The number of carbonyl (C=O) groups is 2. The highest BCUT2D eigenvalue weighted by atomic mass is 19.1. The van der Waals surface area contributed by atoms with E-state index in [0.29, 0.717) is 24.3 Å². The maximum absolute atomic E-state index is 13.1. The third-order valence-electron chi connectivity index (χ3n) is 3.69. The summed E-state index contributed by atoms with van der Waals surface area (Å²) < 4.78 is 18.2. The molecule has 2 rings (SSSR count). The van der Waals surface area contributed by atoms with Crippen LogP contribution >= 0.6 is 0 Å². The van der Waals surface area contributed by atoms with Crippen LogP contribution in [0.4, 0.5) is 10.1 Å². The lowest BCUT2D eigenvalue weighted by Crippen LogP contribution is -2.20. The Bertz CT molecular complexity index is 730. The summed E-state index contributed by atoms with van der Waals surface area (Å²) in [6.07, 6.45) is 1.23. The Kier molecular flexibility index (Phi) is 6.51. The van der Waals surface area contributed by atoms with Crippen LogP contribution in [0.3, 0.4) is 0 Å². The van der Waals surface area contributed by atoms with Gasteiger partial charge in [-0.3, -0.25) is 4.79 Å². The molecule has 1 amide bonds. The molecule has 1 unspecified atom stereocenters. The molecule has 25 heavy (non-hydrogen) atoms. The average molecular weight is 345 g/mol. The molecule has 0 aliphatic carbocycles. The molecule has 0 aliphatic heterocycles. The molecule has 1 atom stereocenters. The summed E-state index contributed by atoms with van der Waals surface area (Å²) in [5.74, 6) is -1.27. The van der Waals surface area contributed by atoms with Crippen molar-refractivity contribution in [1.82, 2.24) is 0 Å². The maximum atomic E-state index is 13.1. The minimum atomic E-state index is -1.05. The SMILES string of the molecule is CC(CCc1cccc(F)c1)C(=O)Nc1ccc(OCC(=O)O)cc1. The van der Waals surface area contributed by atoms with E-state index in [4.69, 9.17) is 9.84 Å². The van der Waals surface area contributed by atoms with Crippen LogP contribution in [-0.4, -0.2) is 23.6 Å². The number of ether oxygens (including phenoxy) is 1. The molecular formula is C19H20FNO4. The molecule has 0 aliphatic rings. The van der Waals surface area contributed by atoms with E-state index in [1.54, 1.807) is 30.3 Å². The first-order valence-electron chi connectivity index (χ1n) is 7.94. The van der Waals surface area contributed by atoms with Crippen molar-refractivity contribution in [3.8, 4) is 5.75 Å². The molecular weight excluding hydrogens is 325 g/mol. The third kappa shape index (κ3) is 6.25. The molecule has 0 spiro atoms. The van der Waals surface area contributed by atoms with Crippen LogP contribution in [0.1, 0.15) is 18.9 Å². The Morgan fingerprint density at radius 1 is 1.20 bits per heavy atom. The standard InChI is InChI=1S/C19H20FNO4/c1-13(5-6-14-3-2-4-15(20)11-14)19(24)21-16-7-9-17(10-8-16)25-12-18(22)23/h2-4,7-11,13H,5-6,12H2,1H3,(H,21,24)(H,22,23). The van der Waals surface area contributed by atoms with Gasteiger partial charge in [0.2, 0.25) is 5.91 Å². The molecule has 0 bridgehead atoms. The van der Waals surface area contributed by atoms with E-state index in [2.05, 4.69) is 5.32 Å². The summed E-state index contributed by atoms with van der Waals surface area (Å²) in [7, 11) is 0. The van der Waals surface area contributed by atoms with Crippen LogP contribution in [0, 0.1) is 11.7 Å². The number of nitrogens with one attached hydrogen (secondary N) is 1. The lowest BCUT2D eigenvalue weighted by Gasteiger charge is -2.13. The zero-order valence-electron chi connectivity index (χ0n) is 13.9. The van der Waals surface area contributed by atoms with E-state index in [9.17, 15) is 14.0 Å². The van der Waals surface area contributed by atoms with Gasteiger partial charge in [-0.2, -0.15) is 0 Å². The number of amides is 1. The summed E-state index contributed by atoms with van der Waals surface area (Å²) in [6.45, 7) is 1.40. The summed E-state index contributed by atoms with van der Waals surface area (Å²) in [6, 6.07) is 12.8. The first-order chi connectivity index (χ1) is 11.9. The third-order valence-corrected chi connectivity index (χ3v) is 3.69. The van der Waals surface area contributed by atoms with E-state index < -0.39 is 12.6 Å². The van der Waals surface area contributed by atoms with Crippen molar-refractivity contribution in [3.63, 3.8) is 0 Å². The number of hydrogen-bond acceptors (Lipinski definition) is 3. The van der Waals surface area contributed by atoms with Crippen LogP contribution < -0.4 is 10.1 Å². The van der Waals surface area contributed by atoms with Gasteiger partial charge in [-0.05, 0) is 54.8 Å². The molecule has 132 valence electrons. The molecule has 0 saturated heterocycles. The predicted molar refractivity (Wildman–Crippen MR) is 92.1 cm³/mol. The minimum absolute atomic E-state index is 0.129. The number of aryl methyl sites for hydroxylation is 1. The minimum Gasteiger partial charge on any atom is -0.482 e. The monoisotopic (exact) mass is 345 g/mol. The lowest BCUT2D eigenvalue weighted by atomic mass is 10.00. The molecule has 2 aromatic carbocycles. The number of carboxylic acids is 1. The highest BCUT2D eigenvalue weighted by molar-refractivity contribution is 5.92. The number of halogens is 1. The highest BCUT2D eigenvalue weighted by Gasteiger charge is 2.13. The predicted octanol–water partition coefficient (Wildman–Crippen LogP) is 3.50. The van der Waals surface area contributed by atoms with Gasteiger partial charge in [-0.25, -0.2) is 9.18 Å². The van der Waals surface area contributed by atoms with Gasteiger partial charge in [-0.1, -0.05) is 19.1 Å². The van der Waals surface area contributed by atoms with Crippen LogP contribution in [0.5, 0.6) is 5.75 Å². The van der Waals surface area contributed by atoms with E-state index >= 15 is 0 Å². The van der Waals surface area contributed by atoms with E-state index in [0.717, 1.165) is 5.56 Å². The topological polar surface area (TPSA) is 75.6 Å². The van der Waals surface area contributed by atoms with Crippen molar-refractivity contribution in [1.29, 1.82) is 0 Å². The molecule has 6 heteroatoms. The number of benzene rings is 2. The van der Waals surface area contributed by atoms with Crippen molar-refractivity contribution in [2.75, 3.05) is 11.9 Å². The first-order valence-corrected chi connectivity index (χ1v) is 7.94. The largest absolute Gasteiger partial charge is 0.482 e. The first kappa shape index (κ1) is 18.4. The van der Waals surface area contributed by atoms with Gasteiger partial charge in [0.05, 0.1) is 0 Å². The molecule has 0 saturated carbocycles. The van der Waals surface area contributed by atoms with Gasteiger partial charge in [0.1, 0.15) is 11.6 Å². The fourth-order valence-corrected chi connectivity index (χ4v) is 2.25. The average Bonchev–Trinajstić information content (AvgIpc) is 2.59. The Labute approximate surface area is 145 Å². The Morgan fingerprint density at radius 3 is 2.56 bits per heavy atom. The fraction of sp³-hybridized carbons (Fsp3) is 0.263. The number of rotatable bonds is 8. The quantitative estimate of drug-likeness (QED) is 0.768. The molecule has 2 N–H and O–H groups in total. The number of aliphatic carboxylic acids is 1. The number of hydrogen-bond donors (Lipinski definition) is 2. The maximum Gasteiger partial charge on any atom is 0.341 e. The van der Waals surface area contributed by atoms with Crippen molar-refractivity contribution in [2.45, 2.75) is 19.8 Å². The Hall–Kier alpha value is -2.89. The molecule has 0 aromatic heterocycles. The van der Waals surface area contributed by atoms with Crippen molar-refractivity contribution < 1.29 is 23.8 Å². The number of carbonyl (C=O) groups excluding carboxylic acids is 1. The van der Waals surface area contributed by atoms with E-state index in [-0.39, 0.29) is 17.6 Å². The molecule has 2 aromatic rings. The summed E-state index contributed by atoms with van der Waals surface area (Å²) in [5, 5.41) is 11.4. The zero-order valence-corrected chi connectivity index (χ0v) is 13.9. The second kappa shape index (κ2) is 8.82. The van der Waals surface area contributed by atoms with Crippen LogP contribution in [0.25, 0.3) is 0 Å². The number of anilines is 1. The highest BCUT2D eigenvalue weighted by Crippen LogP contribution is 2.18. The smallest absolute Gasteiger partial charge is 0.341 e. The van der Waals surface area contributed by atoms with Crippen LogP contribution in [0.15, 0.2) is 48.5 Å². The lowest BCUT2D eigenvalue weighted by molar-refractivity contribution is -0.139. The molecule has 0 radical (unpaired) electrons. The Morgan fingerprint density at radius 2 is 1.92 bits per heavy atom. The Balaban J connectivity index is 1.82. The van der Waals surface area contributed by atoms with Gasteiger partial charge < -0.3 is 15.2 Å². The van der Waals surface area contributed by atoms with Crippen LogP contribution in [-0.2, 0) is 16.0 Å². The second-order valence-corrected chi connectivity index (χ2v) is 5.77. The second-order valence-electron chi connectivity index (χ2n) is 5.77. The van der Waals surface area contributed by atoms with Gasteiger partial charge in [0, 0.05) is 11.6 Å². The molecule has 5 nitrogen and oxygen atoms in total. The summed E-state index contributed by atoms with van der Waals surface area (Å²) in [4.78, 5) is 22.6. The normalized spacial score (nSPS) is 11.6. The van der Waals surface area contributed by atoms with Gasteiger partial charge in [0.15, 0.2) is 6.61 Å².